The summed E-state index contributed by atoms with van der Waals surface area (Å²) in [5.41, 5.74) is 2.64. The van der Waals surface area contributed by atoms with E-state index in [1.807, 2.05) is 43.6 Å². The summed E-state index contributed by atoms with van der Waals surface area (Å²) in [7, 11) is 0. The fourth-order valence-electron chi connectivity index (χ4n) is 1.90. The second-order valence-corrected chi connectivity index (χ2v) is 5.15. The number of fused-ring (bicyclic) bond motifs is 1. The molecule has 1 aromatic carbocycles. The third-order valence-electron chi connectivity index (χ3n) is 3.14. The summed E-state index contributed by atoms with van der Waals surface area (Å²) in [5, 5.41) is 1.89. The van der Waals surface area contributed by atoms with Crippen LogP contribution in [0.5, 0.6) is 11.6 Å². The maximum atomic E-state index is 11.2. The Balaban J connectivity index is 2.07. The first-order valence-electron chi connectivity index (χ1n) is 5.85. The van der Waals surface area contributed by atoms with E-state index >= 15 is 0 Å². The van der Waals surface area contributed by atoms with Crippen LogP contribution in [0, 0.1) is 13.8 Å². The number of aldehydes is 1. The zero-order valence-electron chi connectivity index (χ0n) is 10.6. The van der Waals surface area contributed by atoms with Crippen LogP contribution in [0.25, 0.3) is 4.96 Å². The largest absolute Gasteiger partial charge is 0.437 e. The fourth-order valence-corrected chi connectivity index (χ4v) is 2.62. The van der Waals surface area contributed by atoms with Gasteiger partial charge in [0.05, 0.1) is 0 Å². The maximum Gasteiger partial charge on any atom is 0.250 e. The summed E-state index contributed by atoms with van der Waals surface area (Å²) >= 11 is 1.47. The molecule has 2 heterocycles. The standard InChI is InChI=1S/C14H12N2O2S/c1-9-4-3-5-12(10(9)2)18-13-11(8-17)16-6-7-19-14(16)15-13/h3-8H,1-2H3. The van der Waals surface area contributed by atoms with Gasteiger partial charge >= 0.3 is 0 Å². The van der Waals surface area contributed by atoms with Gasteiger partial charge in [0.25, 0.3) is 0 Å². The Kier molecular flexibility index (Phi) is 2.83. The molecule has 0 aliphatic heterocycles. The second kappa shape index (κ2) is 4.51. The third kappa shape index (κ3) is 1.92. The number of benzene rings is 1. The number of rotatable bonds is 3. The summed E-state index contributed by atoms with van der Waals surface area (Å²) < 4.78 is 7.53. The molecule has 0 unspecified atom stereocenters. The summed E-state index contributed by atoms with van der Waals surface area (Å²) in [5.74, 6) is 1.09. The zero-order chi connectivity index (χ0) is 13.4. The van der Waals surface area contributed by atoms with Crippen LogP contribution in [-0.4, -0.2) is 15.7 Å². The topological polar surface area (TPSA) is 43.6 Å². The van der Waals surface area contributed by atoms with Crippen molar-refractivity contribution in [2.24, 2.45) is 0 Å². The number of aryl methyl sites for hydroxylation is 1. The Labute approximate surface area is 114 Å². The van der Waals surface area contributed by atoms with Crippen molar-refractivity contribution in [2.75, 3.05) is 0 Å². The van der Waals surface area contributed by atoms with Crippen LogP contribution in [-0.2, 0) is 0 Å². The summed E-state index contributed by atoms with van der Waals surface area (Å²) in [4.78, 5) is 16.3. The van der Waals surface area contributed by atoms with E-state index in [0.29, 0.717) is 11.6 Å². The first-order valence-corrected chi connectivity index (χ1v) is 6.73. The van der Waals surface area contributed by atoms with Crippen LogP contribution in [0.1, 0.15) is 21.6 Å². The highest BCUT2D eigenvalue weighted by molar-refractivity contribution is 7.15. The first kappa shape index (κ1) is 11.9. The van der Waals surface area contributed by atoms with Crippen molar-refractivity contribution in [1.82, 2.24) is 9.38 Å². The molecule has 0 N–H and O–H groups in total. The molecule has 0 bridgehead atoms. The molecule has 0 radical (unpaired) electrons. The van der Waals surface area contributed by atoms with E-state index in [-0.39, 0.29) is 0 Å². The van der Waals surface area contributed by atoms with E-state index in [0.717, 1.165) is 28.1 Å². The van der Waals surface area contributed by atoms with Crippen molar-refractivity contribution in [3.05, 3.63) is 46.6 Å². The van der Waals surface area contributed by atoms with Crippen LogP contribution >= 0.6 is 11.3 Å². The highest BCUT2D eigenvalue weighted by Crippen LogP contribution is 2.29. The molecule has 0 amide bonds. The Morgan fingerprint density at radius 3 is 3.00 bits per heavy atom. The van der Waals surface area contributed by atoms with Crippen molar-refractivity contribution in [2.45, 2.75) is 13.8 Å². The lowest BCUT2D eigenvalue weighted by Crippen LogP contribution is -1.94. The van der Waals surface area contributed by atoms with Gasteiger partial charge in [-0.25, -0.2) is 0 Å². The number of carbonyl (C=O) groups excluding carboxylic acids is 1. The average molecular weight is 272 g/mol. The Morgan fingerprint density at radius 1 is 1.37 bits per heavy atom. The van der Waals surface area contributed by atoms with E-state index in [2.05, 4.69) is 4.98 Å². The fraction of sp³-hybridized carbons (Fsp3) is 0.143. The van der Waals surface area contributed by atoms with Gasteiger partial charge in [-0.15, -0.1) is 11.3 Å². The molecule has 0 aliphatic rings. The summed E-state index contributed by atoms with van der Waals surface area (Å²) in [6.07, 6.45) is 2.58. The van der Waals surface area contributed by atoms with Gasteiger partial charge in [-0.1, -0.05) is 12.1 Å². The molecule has 3 aromatic rings. The van der Waals surface area contributed by atoms with Crippen molar-refractivity contribution in [1.29, 1.82) is 0 Å². The summed E-state index contributed by atoms with van der Waals surface area (Å²) in [6, 6.07) is 5.83. The molecule has 4 nitrogen and oxygen atoms in total. The van der Waals surface area contributed by atoms with E-state index in [1.165, 1.54) is 11.3 Å². The molecule has 3 rings (SSSR count). The van der Waals surface area contributed by atoms with Crippen molar-refractivity contribution in [3.63, 3.8) is 0 Å². The molecule has 0 aliphatic carbocycles. The molecular weight excluding hydrogens is 260 g/mol. The Morgan fingerprint density at radius 2 is 2.21 bits per heavy atom. The molecule has 0 saturated carbocycles. The first-order chi connectivity index (χ1) is 9.20. The quantitative estimate of drug-likeness (QED) is 0.684. The van der Waals surface area contributed by atoms with Crippen LogP contribution in [0.2, 0.25) is 0 Å². The number of ether oxygens (including phenoxy) is 1. The van der Waals surface area contributed by atoms with Crippen LogP contribution in [0.4, 0.5) is 0 Å². The minimum Gasteiger partial charge on any atom is -0.437 e. The molecule has 96 valence electrons. The van der Waals surface area contributed by atoms with Gasteiger partial charge in [-0.05, 0) is 31.0 Å². The van der Waals surface area contributed by atoms with Crippen molar-refractivity contribution in [3.8, 4) is 11.6 Å². The minimum absolute atomic E-state index is 0.357. The molecule has 0 saturated heterocycles. The van der Waals surface area contributed by atoms with Gasteiger partial charge in [0.1, 0.15) is 5.75 Å². The average Bonchev–Trinajstić information content (AvgIpc) is 2.95. The second-order valence-electron chi connectivity index (χ2n) is 4.28. The van der Waals surface area contributed by atoms with Gasteiger partial charge in [0.15, 0.2) is 16.9 Å². The number of hydrogen-bond donors (Lipinski definition) is 0. The van der Waals surface area contributed by atoms with Crippen LogP contribution in [0.15, 0.2) is 29.8 Å². The lowest BCUT2D eigenvalue weighted by Gasteiger charge is -2.08. The Hall–Kier alpha value is -2.14. The monoisotopic (exact) mass is 272 g/mol. The van der Waals surface area contributed by atoms with E-state index in [4.69, 9.17) is 4.74 Å². The predicted octanol–water partition coefficient (Wildman–Crippen LogP) is 3.62. The number of hydrogen-bond acceptors (Lipinski definition) is 4. The van der Waals surface area contributed by atoms with Gasteiger partial charge in [0.2, 0.25) is 5.88 Å². The zero-order valence-corrected chi connectivity index (χ0v) is 11.4. The van der Waals surface area contributed by atoms with Gasteiger partial charge in [-0.3, -0.25) is 9.20 Å². The maximum absolute atomic E-state index is 11.2. The lowest BCUT2D eigenvalue weighted by molar-refractivity contribution is 0.111. The number of thiazole rings is 1. The normalized spacial score (nSPS) is 10.8. The Bertz CT molecular complexity index is 758. The minimum atomic E-state index is 0.357. The van der Waals surface area contributed by atoms with Gasteiger partial charge in [0, 0.05) is 11.6 Å². The number of nitrogens with zero attached hydrogens (tertiary/aromatic N) is 2. The van der Waals surface area contributed by atoms with Crippen LogP contribution < -0.4 is 4.74 Å². The third-order valence-corrected chi connectivity index (χ3v) is 3.90. The lowest BCUT2D eigenvalue weighted by atomic mass is 10.1. The highest BCUT2D eigenvalue weighted by Gasteiger charge is 2.15. The number of carbonyl (C=O) groups is 1. The van der Waals surface area contributed by atoms with Gasteiger partial charge < -0.3 is 4.74 Å². The molecule has 0 spiro atoms. The molecule has 19 heavy (non-hydrogen) atoms. The van der Waals surface area contributed by atoms with E-state index < -0.39 is 0 Å². The summed E-state index contributed by atoms with van der Waals surface area (Å²) in [6.45, 7) is 4.01. The van der Waals surface area contributed by atoms with Gasteiger partial charge in [-0.2, -0.15) is 4.98 Å². The molecule has 2 aromatic heterocycles. The number of aromatic nitrogens is 2. The SMILES string of the molecule is Cc1cccc(Oc2nc3sccn3c2C=O)c1C. The molecule has 0 atom stereocenters. The molecule has 0 fully saturated rings. The smallest absolute Gasteiger partial charge is 0.250 e. The molecule has 5 heteroatoms. The molecular formula is C14H12N2O2S. The van der Waals surface area contributed by atoms with Crippen molar-refractivity contribution >= 4 is 22.6 Å². The van der Waals surface area contributed by atoms with Crippen LogP contribution in [0.3, 0.4) is 0 Å². The highest BCUT2D eigenvalue weighted by atomic mass is 32.1. The van der Waals surface area contributed by atoms with E-state index in [9.17, 15) is 4.79 Å². The number of imidazole rings is 1. The van der Waals surface area contributed by atoms with E-state index in [1.54, 1.807) is 4.40 Å². The van der Waals surface area contributed by atoms with Crippen molar-refractivity contribution < 1.29 is 9.53 Å². The predicted molar refractivity (Wildman–Crippen MR) is 74.4 cm³/mol.